The fourth-order valence-electron chi connectivity index (χ4n) is 3.50. The highest BCUT2D eigenvalue weighted by Gasteiger charge is 2.29. The van der Waals surface area contributed by atoms with E-state index in [2.05, 4.69) is 32.3 Å². The Labute approximate surface area is 189 Å². The molecule has 4 rings (SSSR count). The van der Waals surface area contributed by atoms with Gasteiger partial charge in [0.15, 0.2) is 0 Å². The third-order valence-electron chi connectivity index (χ3n) is 5.05. The van der Waals surface area contributed by atoms with Gasteiger partial charge in [0.1, 0.15) is 11.8 Å². The van der Waals surface area contributed by atoms with Crippen molar-refractivity contribution in [2.75, 3.05) is 13.7 Å². The van der Waals surface area contributed by atoms with Gasteiger partial charge in [-0.3, -0.25) is 25.0 Å². The molecule has 10 nitrogen and oxygen atoms in total. The summed E-state index contributed by atoms with van der Waals surface area (Å²) in [6, 6.07) is 7.42. The molecule has 0 fully saturated rings. The number of carbonyl (C=O) groups excluding carboxylic acids is 3. The topological polar surface area (TPSA) is 129 Å². The fraction of sp³-hybridized carbons (Fsp3) is 0.174. The molecule has 0 saturated heterocycles. The van der Waals surface area contributed by atoms with Gasteiger partial charge in [-0.15, -0.1) is 0 Å². The summed E-state index contributed by atoms with van der Waals surface area (Å²) in [5, 5.41) is 11.3. The SMILES string of the molecule is COc1ccc2c(c1)C(=O)N(C[C@@H](C#Cc1cccnc1-c1cn[nH]c1)NC(=O)NC=O)C2. The summed E-state index contributed by atoms with van der Waals surface area (Å²) < 4.78 is 5.21. The average molecular weight is 444 g/mol. The molecule has 3 N–H and O–H groups in total. The van der Waals surface area contributed by atoms with Crippen molar-refractivity contribution in [2.45, 2.75) is 12.6 Å². The first-order valence-electron chi connectivity index (χ1n) is 10.0. The highest BCUT2D eigenvalue weighted by molar-refractivity contribution is 5.98. The van der Waals surface area contributed by atoms with Crippen LogP contribution in [0.4, 0.5) is 4.79 Å². The van der Waals surface area contributed by atoms with Crippen molar-refractivity contribution in [3.8, 4) is 28.8 Å². The predicted octanol–water partition coefficient (Wildman–Crippen LogP) is 1.31. The van der Waals surface area contributed by atoms with Crippen molar-refractivity contribution in [3.63, 3.8) is 0 Å². The molecule has 0 radical (unpaired) electrons. The van der Waals surface area contributed by atoms with Gasteiger partial charge in [-0.1, -0.05) is 17.9 Å². The van der Waals surface area contributed by atoms with Crippen LogP contribution in [0.25, 0.3) is 11.3 Å². The number of nitrogens with one attached hydrogen (secondary N) is 3. The van der Waals surface area contributed by atoms with E-state index in [4.69, 9.17) is 4.74 Å². The number of benzene rings is 1. The first-order chi connectivity index (χ1) is 16.1. The van der Waals surface area contributed by atoms with Gasteiger partial charge in [0.25, 0.3) is 5.91 Å². The molecule has 0 unspecified atom stereocenters. The van der Waals surface area contributed by atoms with E-state index in [1.165, 1.54) is 7.11 Å². The van der Waals surface area contributed by atoms with Crippen molar-refractivity contribution in [1.29, 1.82) is 0 Å². The summed E-state index contributed by atoms with van der Waals surface area (Å²) in [6.45, 7) is 0.497. The number of aromatic nitrogens is 3. The molecular formula is C23H20N6O4. The van der Waals surface area contributed by atoms with Crippen LogP contribution in [-0.2, 0) is 11.3 Å². The van der Waals surface area contributed by atoms with Crippen LogP contribution in [0.5, 0.6) is 5.75 Å². The number of hydrogen-bond donors (Lipinski definition) is 3. The summed E-state index contributed by atoms with van der Waals surface area (Å²) >= 11 is 0. The minimum Gasteiger partial charge on any atom is -0.497 e. The lowest BCUT2D eigenvalue weighted by molar-refractivity contribution is -0.108. The summed E-state index contributed by atoms with van der Waals surface area (Å²) in [6.07, 6.45) is 5.26. The largest absolute Gasteiger partial charge is 0.497 e. The second-order valence-corrected chi connectivity index (χ2v) is 7.15. The lowest BCUT2D eigenvalue weighted by atomic mass is 10.1. The predicted molar refractivity (Wildman–Crippen MR) is 118 cm³/mol. The molecule has 0 saturated carbocycles. The van der Waals surface area contributed by atoms with Gasteiger partial charge < -0.3 is 15.0 Å². The van der Waals surface area contributed by atoms with Gasteiger partial charge in [0.2, 0.25) is 6.41 Å². The smallest absolute Gasteiger partial charge is 0.322 e. The highest BCUT2D eigenvalue weighted by atomic mass is 16.5. The van der Waals surface area contributed by atoms with Gasteiger partial charge in [-0.25, -0.2) is 4.79 Å². The maximum atomic E-state index is 12.9. The number of H-pyrrole nitrogens is 1. The molecule has 1 atom stereocenters. The Morgan fingerprint density at radius 2 is 2.27 bits per heavy atom. The van der Waals surface area contributed by atoms with Crippen LogP contribution < -0.4 is 15.4 Å². The number of methoxy groups -OCH3 is 1. The number of urea groups is 1. The zero-order chi connectivity index (χ0) is 23.2. The number of fused-ring (bicyclic) bond motifs is 1. The third-order valence-corrected chi connectivity index (χ3v) is 5.05. The number of aromatic amines is 1. The minimum atomic E-state index is -0.748. The molecule has 4 amide bonds. The summed E-state index contributed by atoms with van der Waals surface area (Å²) in [4.78, 5) is 41.5. The Hall–Kier alpha value is -4.65. The van der Waals surface area contributed by atoms with E-state index in [1.54, 1.807) is 47.8 Å². The van der Waals surface area contributed by atoms with Crippen LogP contribution in [0.3, 0.4) is 0 Å². The standard InChI is InChI=1S/C23H20N6O4/c1-33-19-7-5-16-12-29(22(31)20(16)9-19)13-18(28-23(32)25-14-30)6-4-15-3-2-8-24-21(15)17-10-26-27-11-17/h2-3,5,7-11,14,18H,12-13H2,1H3,(H,26,27)(H2,25,28,30,32)/t18-/m1/s1. The second kappa shape index (κ2) is 9.65. The number of imide groups is 1. The molecule has 2 aromatic heterocycles. The number of ether oxygens (including phenoxy) is 1. The summed E-state index contributed by atoms with van der Waals surface area (Å²) in [7, 11) is 1.54. The first kappa shape index (κ1) is 21.6. The quantitative estimate of drug-likeness (QED) is 0.388. The van der Waals surface area contributed by atoms with Gasteiger partial charge in [0, 0.05) is 30.1 Å². The van der Waals surface area contributed by atoms with Crippen molar-refractivity contribution in [2.24, 2.45) is 0 Å². The average Bonchev–Trinajstić information content (AvgIpc) is 3.46. The maximum absolute atomic E-state index is 12.9. The molecule has 33 heavy (non-hydrogen) atoms. The molecule has 166 valence electrons. The molecule has 3 heterocycles. The zero-order valence-electron chi connectivity index (χ0n) is 17.7. The maximum Gasteiger partial charge on any atom is 0.322 e. The Morgan fingerprint density at radius 1 is 1.39 bits per heavy atom. The van der Waals surface area contributed by atoms with E-state index < -0.39 is 12.1 Å². The molecule has 1 aromatic carbocycles. The molecule has 3 aromatic rings. The number of nitrogens with zero attached hydrogens (tertiary/aromatic N) is 3. The third kappa shape index (κ3) is 4.83. The second-order valence-electron chi connectivity index (χ2n) is 7.15. The first-order valence-corrected chi connectivity index (χ1v) is 10.0. The van der Waals surface area contributed by atoms with Crippen LogP contribution in [0.15, 0.2) is 48.9 Å². The zero-order valence-corrected chi connectivity index (χ0v) is 17.7. The molecule has 0 spiro atoms. The fourth-order valence-corrected chi connectivity index (χ4v) is 3.50. The van der Waals surface area contributed by atoms with E-state index in [0.29, 0.717) is 29.1 Å². The molecule has 1 aliphatic rings. The van der Waals surface area contributed by atoms with E-state index >= 15 is 0 Å². The highest BCUT2D eigenvalue weighted by Crippen LogP contribution is 2.26. The molecular weight excluding hydrogens is 424 g/mol. The Balaban J connectivity index is 1.59. The Kier molecular flexibility index (Phi) is 6.31. The Morgan fingerprint density at radius 3 is 3.03 bits per heavy atom. The normalized spacial score (nSPS) is 12.9. The number of carbonyl (C=O) groups is 3. The van der Waals surface area contributed by atoms with Crippen molar-refractivity contribution in [3.05, 3.63) is 65.6 Å². The number of amides is 4. The van der Waals surface area contributed by atoms with Crippen LogP contribution in [-0.4, -0.2) is 58.1 Å². The van der Waals surface area contributed by atoms with Crippen molar-refractivity contribution in [1.82, 2.24) is 30.7 Å². The van der Waals surface area contributed by atoms with E-state index in [9.17, 15) is 14.4 Å². The van der Waals surface area contributed by atoms with E-state index in [1.807, 2.05) is 11.4 Å². The van der Waals surface area contributed by atoms with Crippen LogP contribution in [0.1, 0.15) is 21.5 Å². The van der Waals surface area contributed by atoms with E-state index in [0.717, 1.165) is 11.1 Å². The minimum absolute atomic E-state index is 0.121. The number of rotatable bonds is 6. The van der Waals surface area contributed by atoms with Gasteiger partial charge in [-0.2, -0.15) is 5.10 Å². The van der Waals surface area contributed by atoms with E-state index in [-0.39, 0.29) is 18.9 Å². The lowest BCUT2D eigenvalue weighted by Gasteiger charge is -2.21. The molecule has 0 aliphatic carbocycles. The summed E-state index contributed by atoms with van der Waals surface area (Å²) in [5.74, 6) is 6.44. The van der Waals surface area contributed by atoms with Gasteiger partial charge in [0.05, 0.1) is 31.1 Å². The van der Waals surface area contributed by atoms with Gasteiger partial charge >= 0.3 is 6.03 Å². The van der Waals surface area contributed by atoms with Crippen LogP contribution in [0.2, 0.25) is 0 Å². The number of hydrogen-bond acceptors (Lipinski definition) is 6. The number of pyridine rings is 1. The van der Waals surface area contributed by atoms with Crippen molar-refractivity contribution >= 4 is 18.3 Å². The molecule has 10 heteroatoms. The molecule has 0 bridgehead atoms. The van der Waals surface area contributed by atoms with Crippen molar-refractivity contribution < 1.29 is 19.1 Å². The lowest BCUT2D eigenvalue weighted by Crippen LogP contribution is -2.46. The Bertz CT molecular complexity index is 1250. The molecule has 1 aliphatic heterocycles. The van der Waals surface area contributed by atoms with Crippen LogP contribution >= 0.6 is 0 Å². The van der Waals surface area contributed by atoms with Gasteiger partial charge in [-0.05, 0) is 29.8 Å². The monoisotopic (exact) mass is 444 g/mol. The summed E-state index contributed by atoms with van der Waals surface area (Å²) in [5.41, 5.74) is 3.43. The van der Waals surface area contributed by atoms with Crippen LogP contribution in [0, 0.1) is 11.8 Å².